The third-order valence-electron chi connectivity index (χ3n) is 6.88. The highest BCUT2D eigenvalue weighted by Gasteiger charge is 2.32. The Kier molecular flexibility index (Phi) is 5.54. The number of piperidine rings is 1. The van der Waals surface area contributed by atoms with Crippen LogP contribution in [0.1, 0.15) is 24.0 Å². The number of H-pyrrole nitrogens is 1. The number of hydrogen-bond donors (Lipinski definition) is 2. The van der Waals surface area contributed by atoms with Crippen LogP contribution in [0.4, 0.5) is 10.5 Å². The molecule has 0 bridgehead atoms. The Labute approximate surface area is 203 Å². The van der Waals surface area contributed by atoms with Crippen LogP contribution in [0.2, 0.25) is 0 Å². The average molecular weight is 470 g/mol. The van der Waals surface area contributed by atoms with Crippen molar-refractivity contribution < 1.29 is 9.53 Å². The summed E-state index contributed by atoms with van der Waals surface area (Å²) in [6, 6.07) is 15.1. The van der Waals surface area contributed by atoms with Gasteiger partial charge in [-0.2, -0.15) is 5.10 Å². The molecular weight excluding hydrogens is 442 g/mol. The summed E-state index contributed by atoms with van der Waals surface area (Å²) < 4.78 is 5.07. The number of carbonyl (C=O) groups excluding carboxylic acids is 1. The van der Waals surface area contributed by atoms with Crippen LogP contribution in [-0.4, -0.2) is 62.2 Å². The van der Waals surface area contributed by atoms with E-state index in [9.17, 15) is 4.79 Å². The molecule has 4 aromatic rings. The summed E-state index contributed by atoms with van der Waals surface area (Å²) in [5.41, 5.74) is 5.65. The number of aromatic nitrogens is 4. The second-order valence-corrected chi connectivity index (χ2v) is 9.16. The predicted molar refractivity (Wildman–Crippen MR) is 133 cm³/mol. The normalized spacial score (nSPS) is 18.4. The highest BCUT2D eigenvalue weighted by molar-refractivity contribution is 6.00. The van der Waals surface area contributed by atoms with E-state index in [1.165, 1.54) is 5.56 Å². The van der Waals surface area contributed by atoms with Crippen LogP contribution in [0, 0.1) is 0 Å². The Morgan fingerprint density at radius 2 is 1.97 bits per heavy atom. The van der Waals surface area contributed by atoms with Crippen LogP contribution in [0.3, 0.4) is 0 Å². The smallest absolute Gasteiger partial charge is 0.322 e. The first-order chi connectivity index (χ1) is 17.2. The molecule has 0 aliphatic carbocycles. The zero-order chi connectivity index (χ0) is 23.8. The Morgan fingerprint density at radius 1 is 1.14 bits per heavy atom. The summed E-state index contributed by atoms with van der Waals surface area (Å²) in [6.07, 6.45) is 5.50. The fraction of sp³-hybridized carbons (Fsp3) is 0.308. The molecule has 2 aliphatic heterocycles. The quantitative estimate of drug-likeness (QED) is 0.458. The minimum atomic E-state index is -0.0355. The van der Waals surface area contributed by atoms with Crippen molar-refractivity contribution in [2.45, 2.75) is 32.0 Å². The minimum Gasteiger partial charge on any atom is -0.467 e. The predicted octanol–water partition coefficient (Wildman–Crippen LogP) is 4.04. The second-order valence-electron chi connectivity index (χ2n) is 9.16. The standard InChI is InChI=1S/C26H27N7O2/c1-35-25-27-12-19(13-28-25)24-21-10-18-15-33(26(34)29-22(18)11-23(21)30-31-24)20-8-5-9-32(16-20)14-17-6-3-2-4-7-17/h2-4,6-7,10-13,20H,5,8-9,14-16H2,1H3,(H,29,34)(H,30,31). The van der Waals surface area contributed by atoms with Crippen molar-refractivity contribution in [3.05, 3.63) is 66.0 Å². The number of carbonyl (C=O) groups is 1. The van der Waals surface area contributed by atoms with Gasteiger partial charge in [-0.05, 0) is 42.6 Å². The number of methoxy groups -OCH3 is 1. The number of aromatic amines is 1. The summed E-state index contributed by atoms with van der Waals surface area (Å²) in [4.78, 5) is 25.9. The van der Waals surface area contributed by atoms with Crippen LogP contribution >= 0.6 is 0 Å². The molecule has 35 heavy (non-hydrogen) atoms. The molecule has 4 heterocycles. The zero-order valence-corrected chi connectivity index (χ0v) is 19.6. The number of fused-ring (bicyclic) bond motifs is 2. The number of ether oxygens (including phenoxy) is 1. The zero-order valence-electron chi connectivity index (χ0n) is 19.6. The SMILES string of the molecule is COc1ncc(-c2n[nH]c3cc4c(cc23)CN(C2CCCN(Cc3ccccc3)C2)C(=O)N4)cn1. The maximum absolute atomic E-state index is 13.1. The van der Waals surface area contributed by atoms with Crippen molar-refractivity contribution in [2.24, 2.45) is 0 Å². The molecule has 1 atom stereocenters. The fourth-order valence-electron chi connectivity index (χ4n) is 5.13. The van der Waals surface area contributed by atoms with E-state index in [4.69, 9.17) is 4.74 Å². The van der Waals surface area contributed by atoms with Gasteiger partial charge in [0.1, 0.15) is 5.69 Å². The first-order valence-corrected chi connectivity index (χ1v) is 11.9. The van der Waals surface area contributed by atoms with Gasteiger partial charge in [0.25, 0.3) is 0 Å². The number of nitrogens with zero attached hydrogens (tertiary/aromatic N) is 5. The van der Waals surface area contributed by atoms with E-state index in [0.29, 0.717) is 12.6 Å². The van der Waals surface area contributed by atoms with Crippen LogP contribution in [0.25, 0.3) is 22.2 Å². The Bertz CT molecular complexity index is 1350. The lowest BCUT2D eigenvalue weighted by molar-refractivity contribution is 0.108. The molecule has 2 amide bonds. The number of nitrogens with one attached hydrogen (secondary N) is 2. The monoisotopic (exact) mass is 469 g/mol. The van der Waals surface area contributed by atoms with Crippen LogP contribution in [0.15, 0.2) is 54.9 Å². The van der Waals surface area contributed by atoms with E-state index in [1.54, 1.807) is 19.5 Å². The van der Waals surface area contributed by atoms with E-state index in [1.807, 2.05) is 17.0 Å². The third-order valence-corrected chi connectivity index (χ3v) is 6.88. The summed E-state index contributed by atoms with van der Waals surface area (Å²) in [7, 11) is 1.54. The average Bonchev–Trinajstić information content (AvgIpc) is 3.30. The number of rotatable bonds is 5. The minimum absolute atomic E-state index is 0.0355. The van der Waals surface area contributed by atoms with E-state index in [2.05, 4.69) is 60.7 Å². The molecule has 9 nitrogen and oxygen atoms in total. The van der Waals surface area contributed by atoms with Gasteiger partial charge in [0.05, 0.1) is 12.6 Å². The van der Waals surface area contributed by atoms with E-state index in [-0.39, 0.29) is 12.1 Å². The summed E-state index contributed by atoms with van der Waals surface area (Å²) >= 11 is 0. The van der Waals surface area contributed by atoms with Crippen molar-refractivity contribution in [3.63, 3.8) is 0 Å². The number of amides is 2. The van der Waals surface area contributed by atoms with Gasteiger partial charge in [-0.25, -0.2) is 14.8 Å². The van der Waals surface area contributed by atoms with Crippen molar-refractivity contribution >= 4 is 22.6 Å². The molecular formula is C26H27N7O2. The third kappa shape index (κ3) is 4.19. The lowest BCUT2D eigenvalue weighted by Crippen LogP contribution is -2.52. The first kappa shape index (κ1) is 21.5. The van der Waals surface area contributed by atoms with Crippen LogP contribution < -0.4 is 10.1 Å². The van der Waals surface area contributed by atoms with Gasteiger partial charge in [-0.15, -0.1) is 0 Å². The van der Waals surface area contributed by atoms with Crippen molar-refractivity contribution in [2.75, 3.05) is 25.5 Å². The van der Waals surface area contributed by atoms with Gasteiger partial charge in [0, 0.05) is 54.7 Å². The van der Waals surface area contributed by atoms with Crippen molar-refractivity contribution in [3.8, 4) is 17.3 Å². The molecule has 9 heteroatoms. The number of likely N-dealkylation sites (tertiary alicyclic amines) is 1. The molecule has 0 radical (unpaired) electrons. The largest absolute Gasteiger partial charge is 0.467 e. The second kappa shape index (κ2) is 8.99. The highest BCUT2D eigenvalue weighted by Crippen LogP contribution is 2.34. The van der Waals surface area contributed by atoms with Gasteiger partial charge < -0.3 is 15.0 Å². The van der Waals surface area contributed by atoms with E-state index in [0.717, 1.165) is 65.9 Å². The molecule has 2 aliphatic rings. The maximum atomic E-state index is 13.1. The molecule has 2 aromatic heterocycles. The number of urea groups is 1. The lowest BCUT2D eigenvalue weighted by Gasteiger charge is -2.41. The number of benzene rings is 2. The fourth-order valence-corrected chi connectivity index (χ4v) is 5.13. The van der Waals surface area contributed by atoms with E-state index < -0.39 is 0 Å². The molecule has 2 N–H and O–H groups in total. The van der Waals surface area contributed by atoms with E-state index >= 15 is 0 Å². The number of hydrogen-bond acceptors (Lipinski definition) is 6. The summed E-state index contributed by atoms with van der Waals surface area (Å²) in [5, 5.41) is 11.6. The summed E-state index contributed by atoms with van der Waals surface area (Å²) in [6.45, 7) is 3.41. The Balaban J connectivity index is 1.25. The van der Waals surface area contributed by atoms with Crippen LogP contribution in [0.5, 0.6) is 6.01 Å². The molecule has 1 fully saturated rings. The van der Waals surface area contributed by atoms with Gasteiger partial charge in [0.2, 0.25) is 0 Å². The Hall–Kier alpha value is -3.98. The van der Waals surface area contributed by atoms with Crippen molar-refractivity contribution in [1.82, 2.24) is 30.0 Å². The molecule has 1 saturated heterocycles. The van der Waals surface area contributed by atoms with Crippen LogP contribution in [-0.2, 0) is 13.1 Å². The topological polar surface area (TPSA) is 99.3 Å². The highest BCUT2D eigenvalue weighted by atomic mass is 16.5. The summed E-state index contributed by atoms with van der Waals surface area (Å²) in [5.74, 6) is 0. The lowest BCUT2D eigenvalue weighted by atomic mass is 9.99. The van der Waals surface area contributed by atoms with Gasteiger partial charge in [-0.1, -0.05) is 30.3 Å². The van der Waals surface area contributed by atoms with Crippen molar-refractivity contribution in [1.29, 1.82) is 0 Å². The molecule has 178 valence electrons. The van der Waals surface area contributed by atoms with Gasteiger partial charge in [0.15, 0.2) is 0 Å². The molecule has 0 saturated carbocycles. The number of anilines is 1. The van der Waals surface area contributed by atoms with Gasteiger partial charge in [-0.3, -0.25) is 10.00 Å². The molecule has 1 unspecified atom stereocenters. The maximum Gasteiger partial charge on any atom is 0.322 e. The molecule has 6 rings (SSSR count). The first-order valence-electron chi connectivity index (χ1n) is 11.9. The molecule has 2 aromatic carbocycles. The van der Waals surface area contributed by atoms with Gasteiger partial charge >= 0.3 is 12.0 Å². The Morgan fingerprint density at radius 3 is 2.77 bits per heavy atom. The molecule has 0 spiro atoms.